The molecule has 4 saturated carbocycles. The molecule has 3 heterocycles. The Kier molecular flexibility index (Phi) is 4.15. The van der Waals surface area contributed by atoms with Crippen LogP contribution in [0.5, 0.6) is 5.75 Å². The zero-order valence-electron chi connectivity index (χ0n) is 17.3. The van der Waals surface area contributed by atoms with Gasteiger partial charge in [0.25, 0.3) is 0 Å². The van der Waals surface area contributed by atoms with Crippen LogP contribution in [0.15, 0.2) is 37.2 Å². The Morgan fingerprint density at radius 2 is 1.90 bits per heavy atom. The van der Waals surface area contributed by atoms with Crippen molar-refractivity contribution in [2.75, 3.05) is 13.1 Å². The lowest BCUT2D eigenvalue weighted by Crippen LogP contribution is -2.62. The summed E-state index contributed by atoms with van der Waals surface area (Å²) in [6.45, 7) is 1.58. The van der Waals surface area contributed by atoms with E-state index in [2.05, 4.69) is 24.6 Å². The van der Waals surface area contributed by atoms with Gasteiger partial charge in [0.15, 0.2) is 0 Å². The van der Waals surface area contributed by atoms with Gasteiger partial charge >= 0.3 is 0 Å². The predicted octanol–water partition coefficient (Wildman–Crippen LogP) is 3.04. The van der Waals surface area contributed by atoms with Crippen LogP contribution in [0.4, 0.5) is 0 Å². The zero-order valence-corrected chi connectivity index (χ0v) is 17.3. The number of rotatable bonds is 4. The van der Waals surface area contributed by atoms with Gasteiger partial charge < -0.3 is 9.64 Å². The molecule has 158 valence electrons. The van der Waals surface area contributed by atoms with Gasteiger partial charge in [-0.15, -0.1) is 0 Å². The fourth-order valence-electron chi connectivity index (χ4n) is 7.31. The minimum atomic E-state index is -0.201. The van der Waals surface area contributed by atoms with Crippen LogP contribution in [0.2, 0.25) is 0 Å². The zero-order chi connectivity index (χ0) is 20.2. The topological polar surface area (TPSA) is 73.1 Å². The Hall–Kier alpha value is -2.44. The molecule has 4 bridgehead atoms. The second kappa shape index (κ2) is 6.79. The first-order chi connectivity index (χ1) is 14.6. The number of aromatic nitrogens is 4. The van der Waals surface area contributed by atoms with Crippen molar-refractivity contribution in [3.63, 3.8) is 0 Å². The first kappa shape index (κ1) is 18.3. The fourth-order valence-corrected chi connectivity index (χ4v) is 7.31. The van der Waals surface area contributed by atoms with Gasteiger partial charge in [-0.3, -0.25) is 9.78 Å². The molecule has 0 spiro atoms. The van der Waals surface area contributed by atoms with Crippen molar-refractivity contribution >= 4 is 5.91 Å². The van der Waals surface area contributed by atoms with Gasteiger partial charge in [0.05, 0.1) is 17.2 Å². The quantitative estimate of drug-likeness (QED) is 0.779. The predicted molar refractivity (Wildman–Crippen MR) is 110 cm³/mol. The van der Waals surface area contributed by atoms with Crippen molar-refractivity contribution in [1.29, 1.82) is 0 Å². The van der Waals surface area contributed by atoms with Gasteiger partial charge in [-0.05, 0) is 62.5 Å². The largest absolute Gasteiger partial charge is 0.489 e. The second-order valence-electron chi connectivity index (χ2n) is 10.1. The van der Waals surface area contributed by atoms with Crippen LogP contribution in [0, 0.1) is 17.3 Å². The summed E-state index contributed by atoms with van der Waals surface area (Å²) in [6, 6.07) is 3.84. The molecule has 7 nitrogen and oxygen atoms in total. The van der Waals surface area contributed by atoms with E-state index in [0.717, 1.165) is 63.8 Å². The van der Waals surface area contributed by atoms with Crippen LogP contribution >= 0.6 is 0 Å². The van der Waals surface area contributed by atoms with Crippen molar-refractivity contribution in [1.82, 2.24) is 24.6 Å². The summed E-state index contributed by atoms with van der Waals surface area (Å²) in [6.07, 6.45) is 15.6. The summed E-state index contributed by atoms with van der Waals surface area (Å²) >= 11 is 0. The SMILES string of the molecule is O=C(N1CCC(Oc2cccnc2)CC1)C12C[C@H]3C[C@@H](C1)CC(n1cncn1)(C3)C2. The third-order valence-corrected chi connectivity index (χ3v) is 8.05. The lowest BCUT2D eigenvalue weighted by atomic mass is 9.46. The maximum atomic E-state index is 13.9. The second-order valence-corrected chi connectivity index (χ2v) is 10.1. The van der Waals surface area contributed by atoms with Crippen molar-refractivity contribution in [3.05, 3.63) is 37.2 Å². The van der Waals surface area contributed by atoms with Gasteiger partial charge in [-0.25, -0.2) is 9.67 Å². The van der Waals surface area contributed by atoms with E-state index in [1.54, 1.807) is 18.7 Å². The fraction of sp³-hybridized carbons (Fsp3) is 0.652. The van der Waals surface area contributed by atoms with Crippen molar-refractivity contribution in [2.24, 2.45) is 17.3 Å². The van der Waals surface area contributed by atoms with Gasteiger partial charge in [-0.1, -0.05) is 0 Å². The van der Waals surface area contributed by atoms with Gasteiger partial charge in [0, 0.05) is 32.1 Å². The molecule has 0 N–H and O–H groups in total. The number of hydrogen-bond acceptors (Lipinski definition) is 5. The highest BCUT2D eigenvalue weighted by Crippen LogP contribution is 2.64. The van der Waals surface area contributed by atoms with E-state index in [-0.39, 0.29) is 17.1 Å². The van der Waals surface area contributed by atoms with Gasteiger partial charge in [0.1, 0.15) is 24.5 Å². The molecule has 2 aromatic heterocycles. The Labute approximate surface area is 176 Å². The molecular formula is C23H29N5O2. The number of amides is 1. The molecule has 4 atom stereocenters. The molecule has 1 saturated heterocycles. The summed E-state index contributed by atoms with van der Waals surface area (Å²) in [5.41, 5.74) is -0.203. The van der Waals surface area contributed by atoms with Gasteiger partial charge in [0.2, 0.25) is 5.91 Å². The number of carbonyl (C=O) groups excluding carboxylic acids is 1. The highest BCUT2D eigenvalue weighted by Gasteiger charge is 2.62. The van der Waals surface area contributed by atoms with E-state index in [4.69, 9.17) is 4.74 Å². The van der Waals surface area contributed by atoms with Crippen LogP contribution in [0.3, 0.4) is 0 Å². The summed E-state index contributed by atoms with van der Waals surface area (Å²) in [5.74, 6) is 2.50. The molecule has 7 rings (SSSR count). The number of piperidine rings is 1. The molecule has 30 heavy (non-hydrogen) atoms. The molecule has 7 heteroatoms. The number of hydrogen-bond donors (Lipinski definition) is 0. The van der Waals surface area contributed by atoms with Crippen LogP contribution in [-0.2, 0) is 10.3 Å². The number of pyridine rings is 1. The van der Waals surface area contributed by atoms with Crippen molar-refractivity contribution < 1.29 is 9.53 Å². The molecule has 2 unspecified atom stereocenters. The number of ether oxygens (including phenoxy) is 1. The van der Waals surface area contributed by atoms with Crippen LogP contribution < -0.4 is 4.74 Å². The average molecular weight is 408 g/mol. The maximum absolute atomic E-state index is 13.9. The van der Waals surface area contributed by atoms with E-state index < -0.39 is 0 Å². The van der Waals surface area contributed by atoms with Crippen LogP contribution in [0.1, 0.15) is 51.4 Å². The standard InChI is InChI=1S/C23H29N5O2/c29-21(27-6-3-19(4-7-27)30-20-2-1-5-24-13-20)22-9-17-8-18(10-22)12-23(11-17,14-22)28-16-25-15-26-28/h1-2,5,13,15-19H,3-4,6-12,14H2/t17-,18+,22?,23?. The van der Waals surface area contributed by atoms with Crippen molar-refractivity contribution in [3.8, 4) is 5.75 Å². The Morgan fingerprint density at radius 1 is 1.10 bits per heavy atom. The average Bonchev–Trinajstić information content (AvgIpc) is 3.30. The van der Waals surface area contributed by atoms with Crippen molar-refractivity contribution in [2.45, 2.75) is 63.0 Å². The first-order valence-corrected chi connectivity index (χ1v) is 11.4. The monoisotopic (exact) mass is 407 g/mol. The summed E-state index contributed by atoms with van der Waals surface area (Å²) < 4.78 is 8.16. The first-order valence-electron chi connectivity index (χ1n) is 11.4. The Balaban J connectivity index is 1.17. The Bertz CT molecular complexity index is 893. The molecule has 1 aliphatic heterocycles. The lowest BCUT2D eigenvalue weighted by molar-refractivity contribution is -0.168. The molecule has 1 amide bonds. The highest BCUT2D eigenvalue weighted by atomic mass is 16.5. The smallest absolute Gasteiger partial charge is 0.228 e. The lowest BCUT2D eigenvalue weighted by Gasteiger charge is -2.61. The molecule has 5 aliphatic rings. The molecule has 0 aromatic carbocycles. The normalized spacial score (nSPS) is 35.5. The van der Waals surface area contributed by atoms with Crippen LogP contribution in [-0.4, -0.2) is 49.7 Å². The van der Waals surface area contributed by atoms with E-state index in [1.807, 2.05) is 18.5 Å². The highest BCUT2D eigenvalue weighted by molar-refractivity contribution is 5.83. The maximum Gasteiger partial charge on any atom is 0.228 e. The number of likely N-dealkylation sites (tertiary alicyclic amines) is 1. The van der Waals surface area contributed by atoms with Gasteiger partial charge in [-0.2, -0.15) is 5.10 Å². The molecule has 2 aromatic rings. The molecular weight excluding hydrogens is 378 g/mol. The summed E-state index contributed by atoms with van der Waals surface area (Å²) in [5, 5.41) is 4.52. The van der Waals surface area contributed by atoms with E-state index in [1.165, 1.54) is 6.42 Å². The molecule has 5 fully saturated rings. The number of carbonyl (C=O) groups is 1. The third-order valence-electron chi connectivity index (χ3n) is 8.05. The minimum Gasteiger partial charge on any atom is -0.489 e. The summed E-state index contributed by atoms with van der Waals surface area (Å²) in [4.78, 5) is 24.3. The summed E-state index contributed by atoms with van der Waals surface area (Å²) in [7, 11) is 0. The van der Waals surface area contributed by atoms with E-state index >= 15 is 0 Å². The van der Waals surface area contributed by atoms with Crippen LogP contribution in [0.25, 0.3) is 0 Å². The minimum absolute atomic E-state index is 0.00200. The molecule has 4 aliphatic carbocycles. The third kappa shape index (κ3) is 2.93. The van der Waals surface area contributed by atoms with E-state index in [9.17, 15) is 4.79 Å². The molecule has 0 radical (unpaired) electrons. The number of nitrogens with zero attached hydrogens (tertiary/aromatic N) is 5. The Morgan fingerprint density at radius 3 is 2.57 bits per heavy atom. The van der Waals surface area contributed by atoms with E-state index in [0.29, 0.717) is 17.7 Å².